The monoisotopic (exact) mass is 302 g/mol. The summed E-state index contributed by atoms with van der Waals surface area (Å²) in [5.41, 5.74) is 0.237. The number of nitrogens with zero attached hydrogens (tertiary/aromatic N) is 2. The van der Waals surface area contributed by atoms with Crippen LogP contribution < -0.4 is 10.6 Å². The number of alkyl carbamates (subject to hydrolysis) is 1. The summed E-state index contributed by atoms with van der Waals surface area (Å²) in [6.07, 6.45) is 2.90. The van der Waals surface area contributed by atoms with Gasteiger partial charge in [0.05, 0.1) is 12.1 Å². The van der Waals surface area contributed by atoms with E-state index in [0.717, 1.165) is 10.9 Å². The Bertz CT molecular complexity index is 745. The lowest BCUT2D eigenvalue weighted by atomic mass is 10.2. The summed E-state index contributed by atoms with van der Waals surface area (Å²) in [4.78, 5) is 28.4. The molecular formula is C15H18N4O3. The van der Waals surface area contributed by atoms with Crippen LogP contribution in [0.15, 0.2) is 24.5 Å². The molecule has 7 nitrogen and oxygen atoms in total. The number of hydrogen-bond acceptors (Lipinski definition) is 4. The molecule has 2 aromatic heterocycles. The van der Waals surface area contributed by atoms with Crippen molar-refractivity contribution in [1.82, 2.24) is 14.9 Å². The molecule has 1 aliphatic heterocycles. The van der Waals surface area contributed by atoms with Crippen LogP contribution in [0.4, 0.5) is 10.6 Å². The molecule has 116 valence electrons. The van der Waals surface area contributed by atoms with Gasteiger partial charge in [-0.3, -0.25) is 4.79 Å². The summed E-state index contributed by atoms with van der Waals surface area (Å²) in [6.45, 7) is 5.65. The minimum Gasteiger partial charge on any atom is -0.444 e. The van der Waals surface area contributed by atoms with Crippen molar-refractivity contribution in [3.63, 3.8) is 0 Å². The van der Waals surface area contributed by atoms with Gasteiger partial charge in [0.1, 0.15) is 11.6 Å². The van der Waals surface area contributed by atoms with E-state index in [-0.39, 0.29) is 5.91 Å². The topological polar surface area (TPSA) is 85.2 Å². The second kappa shape index (κ2) is 5.01. The van der Waals surface area contributed by atoms with Crippen LogP contribution in [0.5, 0.6) is 0 Å². The number of carbonyl (C=O) groups is 2. The van der Waals surface area contributed by atoms with E-state index in [9.17, 15) is 9.59 Å². The molecule has 0 bridgehead atoms. The van der Waals surface area contributed by atoms with Crippen molar-refractivity contribution in [1.29, 1.82) is 0 Å². The van der Waals surface area contributed by atoms with E-state index in [1.54, 1.807) is 27.0 Å². The molecule has 2 amide bonds. The first-order valence-electron chi connectivity index (χ1n) is 7.08. The second-order valence-electron chi connectivity index (χ2n) is 6.25. The summed E-state index contributed by atoms with van der Waals surface area (Å²) in [5, 5.41) is 6.35. The van der Waals surface area contributed by atoms with E-state index < -0.39 is 17.7 Å². The lowest BCUT2D eigenvalue weighted by molar-refractivity contribution is -0.118. The van der Waals surface area contributed by atoms with E-state index in [1.807, 2.05) is 22.9 Å². The number of ether oxygens (including phenoxy) is 1. The van der Waals surface area contributed by atoms with Crippen molar-refractivity contribution >= 4 is 28.7 Å². The van der Waals surface area contributed by atoms with Gasteiger partial charge in [-0.2, -0.15) is 0 Å². The summed E-state index contributed by atoms with van der Waals surface area (Å²) in [7, 11) is 0. The van der Waals surface area contributed by atoms with Crippen molar-refractivity contribution in [3.05, 3.63) is 24.5 Å². The third-order valence-corrected chi connectivity index (χ3v) is 3.31. The molecule has 0 aliphatic carbocycles. The average Bonchev–Trinajstić information content (AvgIpc) is 2.74. The third-order valence-electron chi connectivity index (χ3n) is 3.31. The van der Waals surface area contributed by atoms with Crippen LogP contribution in [0, 0.1) is 0 Å². The van der Waals surface area contributed by atoms with E-state index >= 15 is 0 Å². The fourth-order valence-corrected chi connectivity index (χ4v) is 2.44. The molecule has 2 N–H and O–H groups in total. The standard InChI is InChI=1S/C15H18N4O3/c1-15(2,3)22-14(21)17-10-8-19-7-5-9-4-6-16-12(11(9)19)18-13(10)20/h4-7,10H,8H2,1-3H3,(H,17,21)(H,16,18,20)/t10-/m0/s1. The van der Waals surface area contributed by atoms with Crippen LogP contribution in [0.2, 0.25) is 0 Å². The van der Waals surface area contributed by atoms with E-state index in [4.69, 9.17) is 4.74 Å². The quantitative estimate of drug-likeness (QED) is 0.842. The minimum absolute atomic E-state index is 0.311. The first kappa shape index (κ1) is 14.4. The molecule has 0 radical (unpaired) electrons. The zero-order chi connectivity index (χ0) is 15.9. The Kier molecular flexibility index (Phi) is 3.27. The van der Waals surface area contributed by atoms with Gasteiger partial charge < -0.3 is 19.9 Å². The molecule has 7 heteroatoms. The third kappa shape index (κ3) is 2.74. The van der Waals surface area contributed by atoms with Crippen LogP contribution in [0.3, 0.4) is 0 Å². The molecule has 0 spiro atoms. The van der Waals surface area contributed by atoms with Gasteiger partial charge in [0.25, 0.3) is 0 Å². The van der Waals surface area contributed by atoms with Crippen molar-refractivity contribution in [2.45, 2.75) is 39.0 Å². The Hall–Kier alpha value is -2.57. The van der Waals surface area contributed by atoms with Crippen molar-refractivity contribution < 1.29 is 14.3 Å². The maximum absolute atomic E-state index is 12.3. The largest absolute Gasteiger partial charge is 0.444 e. The van der Waals surface area contributed by atoms with Gasteiger partial charge in [0.15, 0.2) is 5.82 Å². The number of anilines is 1. The van der Waals surface area contributed by atoms with Gasteiger partial charge in [-0.15, -0.1) is 0 Å². The molecular weight excluding hydrogens is 284 g/mol. The number of carbonyl (C=O) groups excluding carboxylic acids is 2. The highest BCUT2D eigenvalue weighted by Crippen LogP contribution is 2.25. The van der Waals surface area contributed by atoms with Crippen LogP contribution in [-0.2, 0) is 16.1 Å². The minimum atomic E-state index is -0.723. The van der Waals surface area contributed by atoms with Crippen molar-refractivity contribution in [2.75, 3.05) is 5.32 Å². The van der Waals surface area contributed by atoms with E-state index in [0.29, 0.717) is 12.4 Å². The number of amides is 2. The first-order chi connectivity index (χ1) is 10.3. The zero-order valence-electron chi connectivity index (χ0n) is 12.7. The SMILES string of the molecule is CC(C)(C)OC(=O)N[C@H]1Cn2ccc3ccnc(c32)NC1=O. The fourth-order valence-electron chi connectivity index (χ4n) is 2.44. The highest BCUT2D eigenvalue weighted by molar-refractivity contribution is 6.03. The van der Waals surface area contributed by atoms with Gasteiger partial charge in [-0.25, -0.2) is 9.78 Å². The molecule has 22 heavy (non-hydrogen) atoms. The smallest absolute Gasteiger partial charge is 0.408 e. The Labute approximate surface area is 127 Å². The molecule has 2 aromatic rings. The number of nitrogens with one attached hydrogen (secondary N) is 2. The lowest BCUT2D eigenvalue weighted by Gasteiger charge is -2.22. The van der Waals surface area contributed by atoms with Gasteiger partial charge in [0, 0.05) is 17.8 Å². The lowest BCUT2D eigenvalue weighted by Crippen LogP contribution is -2.47. The second-order valence-corrected chi connectivity index (χ2v) is 6.25. The van der Waals surface area contributed by atoms with Crippen molar-refractivity contribution in [2.24, 2.45) is 0 Å². The number of hydrogen-bond donors (Lipinski definition) is 2. The Morgan fingerprint density at radius 1 is 1.45 bits per heavy atom. The predicted octanol–water partition coefficient (Wildman–Crippen LogP) is 1.88. The first-order valence-corrected chi connectivity index (χ1v) is 7.08. The Balaban J connectivity index is 1.84. The van der Waals surface area contributed by atoms with Crippen LogP contribution in [0.25, 0.3) is 10.9 Å². The molecule has 0 unspecified atom stereocenters. The summed E-state index contributed by atoms with van der Waals surface area (Å²) in [5.74, 6) is 0.190. The van der Waals surface area contributed by atoms with Gasteiger partial charge in [0.2, 0.25) is 5.91 Å². The molecule has 3 heterocycles. The van der Waals surface area contributed by atoms with Crippen molar-refractivity contribution in [3.8, 4) is 0 Å². The molecule has 1 atom stereocenters. The maximum Gasteiger partial charge on any atom is 0.408 e. The zero-order valence-corrected chi connectivity index (χ0v) is 12.7. The molecule has 0 saturated carbocycles. The number of pyridine rings is 1. The van der Waals surface area contributed by atoms with Gasteiger partial charge in [-0.1, -0.05) is 0 Å². The number of aromatic nitrogens is 2. The highest BCUT2D eigenvalue weighted by atomic mass is 16.6. The molecule has 0 saturated heterocycles. The average molecular weight is 302 g/mol. The summed E-state index contributed by atoms with van der Waals surface area (Å²) in [6, 6.07) is 3.10. The normalized spacial score (nSPS) is 17.8. The predicted molar refractivity (Wildman–Crippen MR) is 81.5 cm³/mol. The Morgan fingerprint density at radius 2 is 2.23 bits per heavy atom. The maximum atomic E-state index is 12.3. The highest BCUT2D eigenvalue weighted by Gasteiger charge is 2.28. The fraction of sp³-hybridized carbons (Fsp3) is 0.400. The molecule has 3 rings (SSSR count). The van der Waals surface area contributed by atoms with E-state index in [1.165, 1.54) is 0 Å². The summed E-state index contributed by atoms with van der Waals surface area (Å²) >= 11 is 0. The van der Waals surface area contributed by atoms with Gasteiger partial charge in [-0.05, 0) is 32.9 Å². The molecule has 0 aromatic carbocycles. The van der Waals surface area contributed by atoms with E-state index in [2.05, 4.69) is 15.6 Å². The van der Waals surface area contributed by atoms with Crippen LogP contribution >= 0.6 is 0 Å². The Morgan fingerprint density at radius 3 is 2.95 bits per heavy atom. The molecule has 0 fully saturated rings. The van der Waals surface area contributed by atoms with Crippen LogP contribution in [0.1, 0.15) is 20.8 Å². The van der Waals surface area contributed by atoms with Gasteiger partial charge >= 0.3 is 6.09 Å². The summed E-state index contributed by atoms with van der Waals surface area (Å²) < 4.78 is 7.11. The number of rotatable bonds is 1. The van der Waals surface area contributed by atoms with Crippen LogP contribution in [-0.4, -0.2) is 33.2 Å². The molecule has 1 aliphatic rings.